The van der Waals surface area contributed by atoms with Gasteiger partial charge in [-0.25, -0.2) is 4.79 Å². The van der Waals surface area contributed by atoms with Crippen LogP contribution in [-0.2, 0) is 30.4 Å². The number of nitrogens with one attached hydrogen (secondary N) is 3. The molecule has 0 spiro atoms. The van der Waals surface area contributed by atoms with Crippen molar-refractivity contribution in [3.05, 3.63) is 35.9 Å². The minimum absolute atomic E-state index is 0.0882. The first-order valence-corrected chi connectivity index (χ1v) is 12.3. The van der Waals surface area contributed by atoms with Gasteiger partial charge in [-0.15, -0.1) is 0 Å². The van der Waals surface area contributed by atoms with Gasteiger partial charge in [0.2, 0.25) is 17.7 Å². The number of carboxylic acid groups (broad SMARTS) is 2. The Kier molecular flexibility index (Phi) is 13.9. The molecule has 3 amide bonds. The van der Waals surface area contributed by atoms with E-state index in [1.807, 2.05) is 0 Å². The van der Waals surface area contributed by atoms with Crippen LogP contribution >= 0.6 is 0 Å². The van der Waals surface area contributed by atoms with Gasteiger partial charge >= 0.3 is 11.9 Å². The van der Waals surface area contributed by atoms with E-state index in [0.29, 0.717) is 19.4 Å². The van der Waals surface area contributed by atoms with Crippen LogP contribution in [0.1, 0.15) is 51.5 Å². The predicted molar refractivity (Wildman–Crippen MR) is 136 cm³/mol. The Labute approximate surface area is 216 Å². The summed E-state index contributed by atoms with van der Waals surface area (Å²) in [6.07, 6.45) is 0.970. The number of carbonyl (C=O) groups excluding carboxylic acids is 3. The van der Waals surface area contributed by atoms with E-state index in [2.05, 4.69) is 16.0 Å². The van der Waals surface area contributed by atoms with Gasteiger partial charge in [-0.2, -0.15) is 0 Å². The maximum absolute atomic E-state index is 13.3. The van der Waals surface area contributed by atoms with Crippen molar-refractivity contribution in [1.82, 2.24) is 16.0 Å². The highest BCUT2D eigenvalue weighted by atomic mass is 16.4. The number of carbonyl (C=O) groups is 5. The first-order valence-electron chi connectivity index (χ1n) is 12.3. The lowest BCUT2D eigenvalue weighted by molar-refractivity contribution is -0.143. The molecule has 1 aromatic rings. The number of amides is 3. The van der Waals surface area contributed by atoms with Gasteiger partial charge < -0.3 is 37.6 Å². The third-order valence-electron chi connectivity index (χ3n) is 5.73. The average molecular weight is 522 g/mol. The van der Waals surface area contributed by atoms with Crippen molar-refractivity contribution in [2.45, 2.75) is 76.5 Å². The summed E-state index contributed by atoms with van der Waals surface area (Å²) >= 11 is 0. The topological polar surface area (TPSA) is 214 Å². The van der Waals surface area contributed by atoms with Crippen LogP contribution in [0.15, 0.2) is 30.3 Å². The van der Waals surface area contributed by atoms with Gasteiger partial charge in [0, 0.05) is 12.8 Å². The number of hydrogen-bond acceptors (Lipinski definition) is 7. The highest BCUT2D eigenvalue weighted by molar-refractivity contribution is 5.94. The van der Waals surface area contributed by atoms with Crippen molar-refractivity contribution in [3.8, 4) is 0 Å². The molecule has 9 N–H and O–H groups in total. The molecule has 4 unspecified atom stereocenters. The Morgan fingerprint density at radius 3 is 1.97 bits per heavy atom. The maximum atomic E-state index is 13.3. The molecule has 1 aromatic carbocycles. The summed E-state index contributed by atoms with van der Waals surface area (Å²) in [6.45, 7) is 3.69. The van der Waals surface area contributed by atoms with E-state index in [9.17, 15) is 29.1 Å². The SMILES string of the molecule is CC(C)C(NC(=O)C(CCCCN)NC(=O)C(Cc1ccccc1)NC(=O)C(N)CCC(=O)O)C(=O)O. The zero-order chi connectivity index (χ0) is 28.0. The van der Waals surface area contributed by atoms with Crippen LogP contribution in [0.25, 0.3) is 0 Å². The summed E-state index contributed by atoms with van der Waals surface area (Å²) in [7, 11) is 0. The van der Waals surface area contributed by atoms with Crippen molar-refractivity contribution in [2.75, 3.05) is 6.54 Å². The van der Waals surface area contributed by atoms with E-state index >= 15 is 0 Å². The number of rotatable bonds is 17. The molecule has 0 saturated heterocycles. The second kappa shape index (κ2) is 16.3. The Balaban J connectivity index is 3.09. The molecular formula is C25H39N5O7. The number of unbranched alkanes of at least 4 members (excludes halogenated alkanes) is 1. The predicted octanol–water partition coefficient (Wildman–Crippen LogP) is -0.255. The molecule has 0 saturated carbocycles. The summed E-state index contributed by atoms with van der Waals surface area (Å²) in [6, 6.07) is 4.40. The Hall–Kier alpha value is -3.51. The number of carboxylic acids is 2. The third-order valence-corrected chi connectivity index (χ3v) is 5.73. The molecule has 12 heteroatoms. The molecule has 0 aliphatic carbocycles. The lowest BCUT2D eigenvalue weighted by atomic mass is 10.0. The molecule has 37 heavy (non-hydrogen) atoms. The minimum atomic E-state index is -1.19. The maximum Gasteiger partial charge on any atom is 0.326 e. The van der Waals surface area contributed by atoms with Crippen LogP contribution in [0.5, 0.6) is 0 Å². The fourth-order valence-electron chi connectivity index (χ4n) is 3.55. The largest absolute Gasteiger partial charge is 0.481 e. The van der Waals surface area contributed by atoms with Gasteiger partial charge in [0.1, 0.15) is 18.1 Å². The monoisotopic (exact) mass is 521 g/mol. The van der Waals surface area contributed by atoms with E-state index < -0.39 is 53.8 Å². The normalized spacial score (nSPS) is 14.2. The van der Waals surface area contributed by atoms with Crippen molar-refractivity contribution in [3.63, 3.8) is 0 Å². The molecular weight excluding hydrogens is 482 g/mol. The van der Waals surface area contributed by atoms with Crippen LogP contribution in [0, 0.1) is 5.92 Å². The van der Waals surface area contributed by atoms with Crippen molar-refractivity contribution < 1.29 is 34.2 Å². The minimum Gasteiger partial charge on any atom is -0.481 e. The summed E-state index contributed by atoms with van der Waals surface area (Å²) < 4.78 is 0. The Morgan fingerprint density at radius 1 is 0.838 bits per heavy atom. The summed E-state index contributed by atoms with van der Waals surface area (Å²) in [5, 5.41) is 26.0. The fourth-order valence-corrected chi connectivity index (χ4v) is 3.55. The van der Waals surface area contributed by atoms with Crippen LogP contribution < -0.4 is 27.4 Å². The van der Waals surface area contributed by atoms with Crippen LogP contribution in [0.4, 0.5) is 0 Å². The standard InChI is InChI=1S/C25H39N5O7/c1-15(2)21(25(36)37)30-23(34)18(10-6-7-13-26)28-24(35)19(14-16-8-4-3-5-9-16)29-22(33)17(27)11-12-20(31)32/h3-5,8-9,15,17-19,21H,6-7,10-14,26-27H2,1-2H3,(H,28,35)(H,29,33)(H,30,34)(H,31,32)(H,36,37). The zero-order valence-corrected chi connectivity index (χ0v) is 21.3. The average Bonchev–Trinajstić information content (AvgIpc) is 2.84. The quantitative estimate of drug-likeness (QED) is 0.134. The Morgan fingerprint density at radius 2 is 1.43 bits per heavy atom. The summed E-state index contributed by atoms with van der Waals surface area (Å²) in [5.74, 6) is -4.71. The number of benzene rings is 1. The van der Waals surface area contributed by atoms with Crippen LogP contribution in [0.3, 0.4) is 0 Å². The lowest BCUT2D eigenvalue weighted by Crippen LogP contribution is -2.58. The van der Waals surface area contributed by atoms with Crippen molar-refractivity contribution in [2.24, 2.45) is 17.4 Å². The summed E-state index contributed by atoms with van der Waals surface area (Å²) in [4.78, 5) is 61.3. The van der Waals surface area contributed by atoms with Gasteiger partial charge in [0.25, 0.3) is 0 Å². The van der Waals surface area contributed by atoms with Crippen LogP contribution in [-0.4, -0.2) is 70.6 Å². The second-order valence-corrected chi connectivity index (χ2v) is 9.20. The lowest BCUT2D eigenvalue weighted by Gasteiger charge is -2.26. The highest BCUT2D eigenvalue weighted by Crippen LogP contribution is 2.09. The summed E-state index contributed by atoms with van der Waals surface area (Å²) in [5.41, 5.74) is 12.1. The van der Waals surface area contributed by atoms with E-state index in [1.165, 1.54) is 0 Å². The smallest absolute Gasteiger partial charge is 0.326 e. The molecule has 4 atom stereocenters. The second-order valence-electron chi connectivity index (χ2n) is 9.20. The first-order chi connectivity index (χ1) is 17.5. The number of hydrogen-bond donors (Lipinski definition) is 7. The number of aliphatic carboxylic acids is 2. The van der Waals surface area contributed by atoms with Gasteiger partial charge in [-0.3, -0.25) is 19.2 Å². The van der Waals surface area contributed by atoms with E-state index in [1.54, 1.807) is 44.2 Å². The molecule has 0 heterocycles. The Bertz CT molecular complexity index is 910. The van der Waals surface area contributed by atoms with Crippen molar-refractivity contribution >= 4 is 29.7 Å². The molecule has 0 bridgehead atoms. The number of nitrogens with two attached hydrogens (primary N) is 2. The van der Waals surface area contributed by atoms with Gasteiger partial charge in [0.15, 0.2) is 0 Å². The molecule has 0 aliphatic rings. The van der Waals surface area contributed by atoms with E-state index in [4.69, 9.17) is 16.6 Å². The van der Waals surface area contributed by atoms with E-state index in [0.717, 1.165) is 5.56 Å². The molecule has 0 aromatic heterocycles. The molecule has 12 nitrogen and oxygen atoms in total. The van der Waals surface area contributed by atoms with Crippen LogP contribution in [0.2, 0.25) is 0 Å². The highest BCUT2D eigenvalue weighted by Gasteiger charge is 2.31. The fraction of sp³-hybridized carbons (Fsp3) is 0.560. The first kappa shape index (κ1) is 31.5. The van der Waals surface area contributed by atoms with Gasteiger partial charge in [-0.1, -0.05) is 44.2 Å². The molecule has 206 valence electrons. The zero-order valence-electron chi connectivity index (χ0n) is 21.3. The molecule has 1 rings (SSSR count). The van der Waals surface area contributed by atoms with Gasteiger partial charge in [-0.05, 0) is 43.7 Å². The van der Waals surface area contributed by atoms with E-state index in [-0.39, 0.29) is 31.6 Å². The molecule has 0 radical (unpaired) electrons. The van der Waals surface area contributed by atoms with Gasteiger partial charge in [0.05, 0.1) is 6.04 Å². The molecule has 0 fully saturated rings. The molecule has 0 aliphatic heterocycles. The third kappa shape index (κ3) is 11.8. The van der Waals surface area contributed by atoms with Crippen molar-refractivity contribution in [1.29, 1.82) is 0 Å².